The molecule has 1 fully saturated rings. The van der Waals surface area contributed by atoms with E-state index in [1.807, 2.05) is 36.4 Å². The minimum Gasteiger partial charge on any atom is -0.352 e. The number of carbonyl (C=O) groups is 2. The number of amides is 2. The number of carbonyl (C=O) groups excluding carboxylic acids is 2. The topological polar surface area (TPSA) is 71.5 Å². The first-order valence-electron chi connectivity index (χ1n) is 11.0. The van der Waals surface area contributed by atoms with Crippen LogP contribution in [0.4, 0.5) is 4.39 Å². The number of halogens is 1. The summed E-state index contributed by atoms with van der Waals surface area (Å²) >= 11 is 0. The lowest BCUT2D eigenvalue weighted by Gasteiger charge is -2.39. The molecule has 0 bridgehead atoms. The Hall–Kier alpha value is -3.58. The van der Waals surface area contributed by atoms with Crippen LogP contribution in [0.1, 0.15) is 46.0 Å². The van der Waals surface area contributed by atoms with Crippen molar-refractivity contribution in [1.29, 1.82) is 0 Å². The van der Waals surface area contributed by atoms with Crippen molar-refractivity contribution in [3.8, 4) is 0 Å². The Balaban J connectivity index is 1.30. The van der Waals surface area contributed by atoms with Gasteiger partial charge in [0, 0.05) is 37.6 Å². The van der Waals surface area contributed by atoms with E-state index in [1.54, 1.807) is 29.4 Å². The van der Waals surface area contributed by atoms with E-state index in [0.29, 0.717) is 38.0 Å². The third kappa shape index (κ3) is 4.12. The standard InChI is InChI=1S/C26H24FN3O3/c27-20-7-3-6-19(15-20)25(32)30-13-10-26(11-14-30)22-9-2-1-8-21(22)23(33-26)24(31)29-17-18-5-4-12-28-16-18/h1-9,12,15-16,23H,10-11,13-14,17H2,(H,29,31). The number of piperidine rings is 1. The normalized spacial score (nSPS) is 18.7. The lowest BCUT2D eigenvalue weighted by molar-refractivity contribution is -0.150. The molecule has 0 radical (unpaired) electrons. The van der Waals surface area contributed by atoms with Crippen LogP contribution in [0.15, 0.2) is 73.1 Å². The lowest BCUT2D eigenvalue weighted by atomic mass is 9.83. The zero-order valence-corrected chi connectivity index (χ0v) is 18.0. The van der Waals surface area contributed by atoms with Gasteiger partial charge in [0.1, 0.15) is 5.82 Å². The molecule has 33 heavy (non-hydrogen) atoms. The Kier molecular flexibility index (Phi) is 5.64. The molecule has 7 heteroatoms. The average Bonchev–Trinajstić information content (AvgIpc) is 3.17. The van der Waals surface area contributed by atoms with Gasteiger partial charge in [0.2, 0.25) is 0 Å². The molecule has 1 saturated heterocycles. The second-order valence-corrected chi connectivity index (χ2v) is 8.46. The van der Waals surface area contributed by atoms with Crippen LogP contribution in [0.3, 0.4) is 0 Å². The number of nitrogens with one attached hydrogen (secondary N) is 1. The third-order valence-electron chi connectivity index (χ3n) is 6.44. The van der Waals surface area contributed by atoms with E-state index < -0.39 is 17.5 Å². The quantitative estimate of drug-likeness (QED) is 0.664. The summed E-state index contributed by atoms with van der Waals surface area (Å²) in [5, 5.41) is 2.95. The fourth-order valence-corrected chi connectivity index (χ4v) is 4.73. The Bertz CT molecular complexity index is 1180. The first kappa shape index (κ1) is 21.3. The number of pyridine rings is 1. The molecule has 1 N–H and O–H groups in total. The summed E-state index contributed by atoms with van der Waals surface area (Å²) in [5.74, 6) is -0.814. The van der Waals surface area contributed by atoms with Crippen molar-refractivity contribution in [1.82, 2.24) is 15.2 Å². The van der Waals surface area contributed by atoms with Crippen LogP contribution in [-0.4, -0.2) is 34.8 Å². The molecule has 0 aliphatic carbocycles. The summed E-state index contributed by atoms with van der Waals surface area (Å²) in [7, 11) is 0. The minimum absolute atomic E-state index is 0.193. The van der Waals surface area contributed by atoms with E-state index in [1.165, 1.54) is 12.1 Å². The predicted molar refractivity (Wildman–Crippen MR) is 120 cm³/mol. The smallest absolute Gasteiger partial charge is 0.254 e. The molecule has 1 spiro atoms. The highest BCUT2D eigenvalue weighted by molar-refractivity contribution is 5.94. The number of hydrogen-bond acceptors (Lipinski definition) is 4. The third-order valence-corrected chi connectivity index (χ3v) is 6.44. The Labute approximate surface area is 191 Å². The Morgan fingerprint density at radius 2 is 1.91 bits per heavy atom. The number of likely N-dealkylation sites (tertiary alicyclic amines) is 1. The zero-order chi connectivity index (χ0) is 22.8. The van der Waals surface area contributed by atoms with Crippen LogP contribution in [0.5, 0.6) is 0 Å². The van der Waals surface area contributed by atoms with Gasteiger partial charge in [-0.15, -0.1) is 0 Å². The van der Waals surface area contributed by atoms with Gasteiger partial charge in [-0.05, 0) is 53.8 Å². The maximum atomic E-state index is 13.6. The number of hydrogen-bond donors (Lipinski definition) is 1. The summed E-state index contributed by atoms with van der Waals surface area (Å²) in [4.78, 5) is 31.7. The number of rotatable bonds is 4. The molecule has 5 rings (SSSR count). The molecule has 0 saturated carbocycles. The van der Waals surface area contributed by atoms with Gasteiger partial charge >= 0.3 is 0 Å². The molecule has 2 aromatic carbocycles. The van der Waals surface area contributed by atoms with Gasteiger partial charge in [-0.3, -0.25) is 14.6 Å². The number of nitrogens with zero attached hydrogens (tertiary/aromatic N) is 2. The first-order chi connectivity index (χ1) is 16.1. The second kappa shape index (κ2) is 8.75. The molecule has 1 aromatic heterocycles. The van der Waals surface area contributed by atoms with Crippen molar-refractivity contribution in [3.63, 3.8) is 0 Å². The number of aromatic nitrogens is 1. The molecule has 2 aliphatic heterocycles. The van der Waals surface area contributed by atoms with Crippen molar-refractivity contribution in [3.05, 3.63) is 101 Å². The van der Waals surface area contributed by atoms with Crippen molar-refractivity contribution >= 4 is 11.8 Å². The van der Waals surface area contributed by atoms with Gasteiger partial charge in [-0.1, -0.05) is 36.4 Å². The van der Waals surface area contributed by atoms with Gasteiger partial charge in [0.25, 0.3) is 11.8 Å². The van der Waals surface area contributed by atoms with Crippen molar-refractivity contribution in [2.45, 2.75) is 31.1 Å². The Morgan fingerprint density at radius 3 is 2.67 bits per heavy atom. The molecular weight excluding hydrogens is 421 g/mol. The number of ether oxygens (including phenoxy) is 1. The zero-order valence-electron chi connectivity index (χ0n) is 18.0. The summed E-state index contributed by atoms with van der Waals surface area (Å²) in [6, 6.07) is 17.3. The summed E-state index contributed by atoms with van der Waals surface area (Å²) in [5.41, 5.74) is 2.50. The van der Waals surface area contributed by atoms with E-state index in [-0.39, 0.29) is 11.8 Å². The van der Waals surface area contributed by atoms with Crippen molar-refractivity contribution in [2.75, 3.05) is 13.1 Å². The molecule has 2 aliphatic rings. The maximum Gasteiger partial charge on any atom is 0.254 e. The van der Waals surface area contributed by atoms with Crippen molar-refractivity contribution in [2.24, 2.45) is 0 Å². The van der Waals surface area contributed by atoms with E-state index >= 15 is 0 Å². The molecule has 3 heterocycles. The van der Waals surface area contributed by atoms with Gasteiger partial charge in [-0.2, -0.15) is 0 Å². The predicted octanol–water partition coefficient (Wildman–Crippen LogP) is 3.74. The largest absolute Gasteiger partial charge is 0.352 e. The van der Waals surface area contributed by atoms with Crippen LogP contribution in [0.25, 0.3) is 0 Å². The van der Waals surface area contributed by atoms with E-state index in [2.05, 4.69) is 10.3 Å². The van der Waals surface area contributed by atoms with E-state index in [4.69, 9.17) is 4.74 Å². The SMILES string of the molecule is O=C(NCc1cccnc1)C1OC2(CCN(C(=O)c3cccc(F)c3)CC2)c2ccccc21. The highest BCUT2D eigenvalue weighted by Gasteiger charge is 2.49. The first-order valence-corrected chi connectivity index (χ1v) is 11.0. The van der Waals surface area contributed by atoms with Gasteiger partial charge in [-0.25, -0.2) is 4.39 Å². The van der Waals surface area contributed by atoms with Crippen LogP contribution < -0.4 is 5.32 Å². The summed E-state index contributed by atoms with van der Waals surface area (Å²) in [6.07, 6.45) is 3.84. The minimum atomic E-state index is -0.705. The fraction of sp³-hybridized carbons (Fsp3) is 0.269. The van der Waals surface area contributed by atoms with Crippen LogP contribution in [0.2, 0.25) is 0 Å². The monoisotopic (exact) mass is 445 g/mol. The van der Waals surface area contributed by atoms with Crippen LogP contribution >= 0.6 is 0 Å². The molecule has 3 aromatic rings. The van der Waals surface area contributed by atoms with Gasteiger partial charge < -0.3 is 15.0 Å². The molecule has 1 atom stereocenters. The van der Waals surface area contributed by atoms with Crippen molar-refractivity contribution < 1.29 is 18.7 Å². The molecule has 6 nitrogen and oxygen atoms in total. The van der Waals surface area contributed by atoms with E-state index in [9.17, 15) is 14.0 Å². The molecule has 168 valence electrons. The number of benzene rings is 2. The lowest BCUT2D eigenvalue weighted by Crippen LogP contribution is -2.45. The average molecular weight is 445 g/mol. The second-order valence-electron chi connectivity index (χ2n) is 8.46. The maximum absolute atomic E-state index is 13.6. The van der Waals surface area contributed by atoms with Gasteiger partial charge in [0.05, 0.1) is 5.60 Å². The Morgan fingerprint density at radius 1 is 1.09 bits per heavy atom. The molecular formula is C26H24FN3O3. The van der Waals surface area contributed by atoms with Gasteiger partial charge in [0.15, 0.2) is 6.10 Å². The fourth-order valence-electron chi connectivity index (χ4n) is 4.73. The summed E-state index contributed by atoms with van der Waals surface area (Å²) < 4.78 is 20.0. The van der Waals surface area contributed by atoms with Crippen LogP contribution in [0, 0.1) is 5.82 Å². The highest BCUT2D eigenvalue weighted by Crippen LogP contribution is 2.49. The highest BCUT2D eigenvalue weighted by atomic mass is 19.1. The molecule has 1 unspecified atom stereocenters. The summed E-state index contributed by atoms with van der Waals surface area (Å²) in [6.45, 7) is 1.30. The van der Waals surface area contributed by atoms with Crippen LogP contribution in [-0.2, 0) is 21.7 Å². The molecule has 2 amide bonds. The number of fused-ring (bicyclic) bond motifs is 2. The van der Waals surface area contributed by atoms with E-state index in [0.717, 1.165) is 16.7 Å².